The third-order valence-corrected chi connectivity index (χ3v) is 7.59. The van der Waals surface area contributed by atoms with Crippen molar-refractivity contribution < 1.29 is 4.79 Å². The third-order valence-electron chi connectivity index (χ3n) is 6.52. The van der Waals surface area contributed by atoms with Gasteiger partial charge in [-0.2, -0.15) is 15.1 Å². The van der Waals surface area contributed by atoms with Crippen molar-refractivity contribution in [3.63, 3.8) is 0 Å². The van der Waals surface area contributed by atoms with Crippen LogP contribution in [0.4, 0.5) is 0 Å². The first kappa shape index (κ1) is 20.9. The number of carbonyl (C=O) groups is 1. The molecule has 3 aliphatic rings. The number of hydrogen-bond donors (Lipinski definition) is 1. The highest BCUT2D eigenvalue weighted by Crippen LogP contribution is 2.36. The van der Waals surface area contributed by atoms with E-state index in [0.717, 1.165) is 41.4 Å². The van der Waals surface area contributed by atoms with Crippen molar-refractivity contribution in [3.8, 4) is 0 Å². The van der Waals surface area contributed by atoms with Crippen molar-refractivity contribution in [2.75, 3.05) is 0 Å². The molecule has 1 aromatic carbocycles. The van der Waals surface area contributed by atoms with Crippen LogP contribution in [0.2, 0.25) is 0 Å². The van der Waals surface area contributed by atoms with E-state index < -0.39 is 0 Å². The molecule has 5 rings (SSSR count). The van der Waals surface area contributed by atoms with Crippen LogP contribution in [0.3, 0.4) is 0 Å². The van der Waals surface area contributed by atoms with Gasteiger partial charge in [-0.05, 0) is 61.7 Å². The molecule has 0 spiro atoms. The molecule has 0 saturated heterocycles. The van der Waals surface area contributed by atoms with Crippen molar-refractivity contribution in [3.05, 3.63) is 64.5 Å². The van der Waals surface area contributed by atoms with Gasteiger partial charge in [-0.25, -0.2) is 0 Å². The number of hydrazone groups is 1. The highest BCUT2D eigenvalue weighted by atomic mass is 32.2. The highest BCUT2D eigenvalue weighted by Gasteiger charge is 2.38. The van der Waals surface area contributed by atoms with Crippen molar-refractivity contribution in [2.24, 2.45) is 16.0 Å². The number of nitrogens with one attached hydrogen (secondary N) is 1. The average Bonchev–Trinajstić information content (AvgIpc) is 3.34. The zero-order chi connectivity index (χ0) is 22.2. The lowest BCUT2D eigenvalue weighted by atomic mass is 9.90. The summed E-state index contributed by atoms with van der Waals surface area (Å²) in [6.07, 6.45) is 7.78. The lowest BCUT2D eigenvalue weighted by Crippen LogP contribution is -2.35. The van der Waals surface area contributed by atoms with Gasteiger partial charge in [0.2, 0.25) is 5.17 Å². The molecule has 1 saturated carbocycles. The molecule has 1 aliphatic carbocycles. The van der Waals surface area contributed by atoms with Crippen LogP contribution in [0, 0.1) is 25.2 Å². The fourth-order valence-corrected chi connectivity index (χ4v) is 5.72. The van der Waals surface area contributed by atoms with Gasteiger partial charge in [0.15, 0.2) is 5.84 Å². The van der Waals surface area contributed by atoms with E-state index in [-0.39, 0.29) is 11.7 Å². The molecule has 2 aromatic rings. The maximum atomic E-state index is 12.8. The minimum atomic E-state index is -0.360. The summed E-state index contributed by atoms with van der Waals surface area (Å²) in [5.74, 6) is 0.183. The van der Waals surface area contributed by atoms with Crippen LogP contribution in [0.15, 0.2) is 52.1 Å². The number of fused-ring (bicyclic) bond motifs is 1. The summed E-state index contributed by atoms with van der Waals surface area (Å²) in [6.45, 7) is 4.90. The molecule has 1 fully saturated rings. The van der Waals surface area contributed by atoms with Gasteiger partial charge in [0.1, 0.15) is 5.04 Å². The molecule has 1 amide bonds. The van der Waals surface area contributed by atoms with Crippen LogP contribution >= 0.6 is 11.8 Å². The second-order valence-corrected chi connectivity index (χ2v) is 9.68. The van der Waals surface area contributed by atoms with E-state index in [4.69, 9.17) is 10.5 Å². The molecular formula is C25H27N5OS. The molecule has 164 valence electrons. The summed E-state index contributed by atoms with van der Waals surface area (Å²) in [6, 6.07) is 12.4. The topological polar surface area (TPSA) is 73.8 Å². The maximum absolute atomic E-state index is 12.8. The zero-order valence-electron chi connectivity index (χ0n) is 18.5. The Labute approximate surface area is 192 Å². The second kappa shape index (κ2) is 8.54. The number of amidine groups is 2. The summed E-state index contributed by atoms with van der Waals surface area (Å²) in [7, 11) is 0. The van der Waals surface area contributed by atoms with Gasteiger partial charge in [-0.1, -0.05) is 49.6 Å². The molecule has 0 atom stereocenters. The van der Waals surface area contributed by atoms with Crippen LogP contribution in [0.5, 0.6) is 0 Å². The average molecular weight is 446 g/mol. The molecule has 0 radical (unpaired) electrons. The molecule has 1 N–H and O–H groups in total. The monoisotopic (exact) mass is 445 g/mol. The zero-order valence-corrected chi connectivity index (χ0v) is 19.3. The Hall–Kier alpha value is -2.93. The number of benzene rings is 1. The lowest BCUT2D eigenvalue weighted by molar-refractivity contribution is -0.114. The van der Waals surface area contributed by atoms with E-state index in [2.05, 4.69) is 41.6 Å². The fourth-order valence-electron chi connectivity index (χ4n) is 4.66. The number of amides is 1. The van der Waals surface area contributed by atoms with Gasteiger partial charge >= 0.3 is 0 Å². The Morgan fingerprint density at radius 3 is 2.66 bits per heavy atom. The standard InChI is InChI=1S/C25H27N5OS/c1-16-13-20(17(2)29(16)15-18-9-5-3-6-10-18)14-21-22(26)30-25(27-23(21)31)32-24(28-30)19-11-7-4-8-12-19/h3,5-6,9-10,13-14,19,26H,4,7-8,11-12,15H2,1-2H3/b21-14+,26-22?. The molecular weight excluding hydrogens is 418 g/mol. The molecule has 7 heteroatoms. The van der Waals surface area contributed by atoms with E-state index in [1.54, 1.807) is 11.1 Å². The highest BCUT2D eigenvalue weighted by molar-refractivity contribution is 8.27. The molecule has 32 heavy (non-hydrogen) atoms. The first-order chi connectivity index (χ1) is 15.5. The number of nitrogens with zero attached hydrogens (tertiary/aromatic N) is 4. The SMILES string of the molecule is Cc1cc(/C=C2\C(=N)N3N=C(C4CCCCC4)SC3=NC2=O)c(C)n1Cc1ccccc1. The number of thioether (sulfide) groups is 1. The summed E-state index contributed by atoms with van der Waals surface area (Å²) in [4.78, 5) is 17.1. The Balaban J connectivity index is 1.43. The minimum absolute atomic E-state index is 0.117. The van der Waals surface area contributed by atoms with Crippen molar-refractivity contribution >= 4 is 39.8 Å². The molecule has 0 bridgehead atoms. The lowest BCUT2D eigenvalue weighted by Gasteiger charge is -2.20. The Morgan fingerprint density at radius 2 is 1.91 bits per heavy atom. The van der Waals surface area contributed by atoms with E-state index in [0.29, 0.717) is 16.7 Å². The predicted molar refractivity (Wildman–Crippen MR) is 131 cm³/mol. The number of hydrogen-bond acceptors (Lipinski definition) is 4. The summed E-state index contributed by atoms with van der Waals surface area (Å²) >= 11 is 1.46. The van der Waals surface area contributed by atoms with Gasteiger partial charge in [0.05, 0.1) is 5.57 Å². The number of rotatable bonds is 4. The molecule has 6 nitrogen and oxygen atoms in total. The van der Waals surface area contributed by atoms with Gasteiger partial charge in [-0.3, -0.25) is 10.2 Å². The third kappa shape index (κ3) is 3.86. The van der Waals surface area contributed by atoms with E-state index in [1.807, 2.05) is 18.2 Å². The van der Waals surface area contributed by atoms with Crippen LogP contribution in [0.25, 0.3) is 6.08 Å². The van der Waals surface area contributed by atoms with Crippen molar-refractivity contribution in [1.82, 2.24) is 9.58 Å². The summed E-state index contributed by atoms with van der Waals surface area (Å²) in [5.41, 5.74) is 4.64. The van der Waals surface area contributed by atoms with Gasteiger partial charge in [0.25, 0.3) is 5.91 Å². The predicted octanol–water partition coefficient (Wildman–Crippen LogP) is 5.35. The van der Waals surface area contributed by atoms with E-state index >= 15 is 0 Å². The molecule has 2 aliphatic heterocycles. The van der Waals surface area contributed by atoms with Crippen molar-refractivity contribution in [1.29, 1.82) is 5.41 Å². The minimum Gasteiger partial charge on any atom is -0.344 e. The number of aromatic nitrogens is 1. The molecule has 0 unspecified atom stereocenters. The van der Waals surface area contributed by atoms with Crippen molar-refractivity contribution in [2.45, 2.75) is 52.5 Å². The number of aryl methyl sites for hydroxylation is 1. The number of carbonyl (C=O) groups excluding carboxylic acids is 1. The Bertz CT molecular complexity index is 1170. The van der Waals surface area contributed by atoms with Crippen LogP contribution < -0.4 is 0 Å². The first-order valence-electron chi connectivity index (χ1n) is 11.2. The molecule has 3 heterocycles. The van der Waals surface area contributed by atoms with Gasteiger partial charge in [-0.15, -0.1) is 0 Å². The van der Waals surface area contributed by atoms with Crippen LogP contribution in [0.1, 0.15) is 54.6 Å². The van der Waals surface area contributed by atoms with Gasteiger partial charge in [0, 0.05) is 23.9 Å². The summed E-state index contributed by atoms with van der Waals surface area (Å²) in [5, 5.41) is 16.5. The smallest absolute Gasteiger partial charge is 0.283 e. The second-order valence-electron chi connectivity index (χ2n) is 8.69. The Kier molecular flexibility index (Phi) is 5.59. The van der Waals surface area contributed by atoms with Crippen LogP contribution in [-0.2, 0) is 11.3 Å². The number of aliphatic imine (C=N–C) groups is 1. The normalized spacial score (nSPS) is 20.6. The Morgan fingerprint density at radius 1 is 1.16 bits per heavy atom. The quantitative estimate of drug-likeness (QED) is 0.645. The maximum Gasteiger partial charge on any atom is 0.283 e. The molecule has 1 aromatic heterocycles. The largest absolute Gasteiger partial charge is 0.344 e. The summed E-state index contributed by atoms with van der Waals surface area (Å²) < 4.78 is 2.23. The van der Waals surface area contributed by atoms with Crippen LogP contribution in [-0.4, -0.2) is 31.5 Å². The first-order valence-corrected chi connectivity index (χ1v) is 12.0. The fraction of sp³-hybridized carbons (Fsp3) is 0.360. The van der Waals surface area contributed by atoms with Gasteiger partial charge < -0.3 is 4.57 Å². The van der Waals surface area contributed by atoms with E-state index in [9.17, 15) is 4.79 Å². The van der Waals surface area contributed by atoms with E-state index in [1.165, 1.54) is 36.6 Å².